The molecule has 0 aromatic carbocycles. The van der Waals surface area contributed by atoms with Gasteiger partial charge in [-0.25, -0.2) is 0 Å². The Labute approximate surface area is 195 Å². The number of carbonyl (C=O) groups excluding carboxylic acids is 1. The summed E-state index contributed by atoms with van der Waals surface area (Å²) in [5, 5.41) is 7.39. The summed E-state index contributed by atoms with van der Waals surface area (Å²) in [5.74, 6) is 1.72. The summed E-state index contributed by atoms with van der Waals surface area (Å²) in [4.78, 5) is 17.0. The van der Waals surface area contributed by atoms with E-state index < -0.39 is 5.60 Å². The Hall–Kier alpha value is -1.47. The lowest BCUT2D eigenvalue weighted by molar-refractivity contribution is -0.155. The van der Waals surface area contributed by atoms with Crippen LogP contribution < -0.4 is 5.32 Å². The first-order chi connectivity index (χ1) is 15.4. The van der Waals surface area contributed by atoms with Crippen LogP contribution in [0.2, 0.25) is 0 Å². The predicted molar refractivity (Wildman–Crippen MR) is 127 cm³/mol. The Morgan fingerprint density at radius 3 is 2.56 bits per heavy atom. The SMILES string of the molecule is CC.COCCCNCc1noc([C@H](CCCC2CCCCC2)CC(=O)OC(C)(C)C)n1. The number of aromatic nitrogens is 2. The van der Waals surface area contributed by atoms with Crippen LogP contribution in [0.3, 0.4) is 0 Å². The number of hydrogen-bond donors (Lipinski definition) is 1. The highest BCUT2D eigenvalue weighted by Crippen LogP contribution is 2.31. The van der Waals surface area contributed by atoms with E-state index in [-0.39, 0.29) is 18.3 Å². The summed E-state index contributed by atoms with van der Waals surface area (Å²) in [6.07, 6.45) is 11.2. The number of rotatable bonds is 13. The molecule has 7 heteroatoms. The number of nitrogens with zero attached hydrogens (tertiary/aromatic N) is 2. The summed E-state index contributed by atoms with van der Waals surface area (Å²) in [5.41, 5.74) is -0.490. The maximum absolute atomic E-state index is 12.5. The lowest BCUT2D eigenvalue weighted by Crippen LogP contribution is -2.25. The summed E-state index contributed by atoms with van der Waals surface area (Å²) in [7, 11) is 1.70. The Balaban J connectivity index is 0.00000249. The van der Waals surface area contributed by atoms with Crippen LogP contribution in [0, 0.1) is 5.92 Å². The lowest BCUT2D eigenvalue weighted by atomic mass is 9.84. The fourth-order valence-corrected chi connectivity index (χ4v) is 4.07. The molecule has 186 valence electrons. The first-order valence-corrected chi connectivity index (χ1v) is 12.6. The zero-order chi connectivity index (χ0) is 23.8. The first kappa shape index (κ1) is 28.6. The fraction of sp³-hybridized carbons (Fsp3) is 0.880. The maximum Gasteiger partial charge on any atom is 0.307 e. The lowest BCUT2D eigenvalue weighted by Gasteiger charge is -2.23. The van der Waals surface area contributed by atoms with E-state index in [0.717, 1.165) is 38.3 Å². The van der Waals surface area contributed by atoms with Crippen molar-refractivity contribution >= 4 is 5.97 Å². The van der Waals surface area contributed by atoms with Crippen LogP contribution in [0.4, 0.5) is 0 Å². The highest BCUT2D eigenvalue weighted by molar-refractivity contribution is 5.70. The van der Waals surface area contributed by atoms with Crippen molar-refractivity contribution in [3.63, 3.8) is 0 Å². The van der Waals surface area contributed by atoms with Crippen molar-refractivity contribution in [1.82, 2.24) is 15.5 Å². The van der Waals surface area contributed by atoms with Gasteiger partial charge in [-0.3, -0.25) is 4.79 Å². The van der Waals surface area contributed by atoms with Crippen LogP contribution in [-0.2, 0) is 20.8 Å². The first-order valence-electron chi connectivity index (χ1n) is 12.6. The van der Waals surface area contributed by atoms with Gasteiger partial charge in [-0.15, -0.1) is 0 Å². The molecule has 0 radical (unpaired) electrons. The summed E-state index contributed by atoms with van der Waals surface area (Å²) in [6.45, 7) is 11.8. The van der Waals surface area contributed by atoms with Gasteiger partial charge in [-0.1, -0.05) is 63.9 Å². The highest BCUT2D eigenvalue weighted by Gasteiger charge is 2.26. The van der Waals surface area contributed by atoms with Crippen molar-refractivity contribution in [3.05, 3.63) is 11.7 Å². The molecular weight excluding hydrogens is 406 g/mol. The van der Waals surface area contributed by atoms with E-state index in [1.807, 2.05) is 34.6 Å². The molecule has 0 bridgehead atoms. The van der Waals surface area contributed by atoms with Gasteiger partial charge in [0.1, 0.15) is 5.60 Å². The van der Waals surface area contributed by atoms with Crippen molar-refractivity contribution < 1.29 is 18.8 Å². The third kappa shape index (κ3) is 12.5. The van der Waals surface area contributed by atoms with Crippen molar-refractivity contribution in [2.45, 2.75) is 117 Å². The Kier molecular flexibility index (Phi) is 14.5. The monoisotopic (exact) mass is 453 g/mol. The minimum absolute atomic E-state index is 0.0850. The average Bonchev–Trinajstić information content (AvgIpc) is 3.23. The molecule has 1 atom stereocenters. The van der Waals surface area contributed by atoms with Crippen molar-refractivity contribution in [2.75, 3.05) is 20.3 Å². The molecule has 0 amide bonds. The summed E-state index contributed by atoms with van der Waals surface area (Å²) in [6, 6.07) is 0. The molecule has 0 saturated heterocycles. The molecule has 0 aliphatic heterocycles. The van der Waals surface area contributed by atoms with E-state index in [1.165, 1.54) is 38.5 Å². The second-order valence-corrected chi connectivity index (χ2v) is 9.49. The minimum Gasteiger partial charge on any atom is -0.460 e. The van der Waals surface area contributed by atoms with E-state index in [4.69, 9.17) is 14.0 Å². The quantitative estimate of drug-likeness (QED) is 0.299. The van der Waals surface area contributed by atoms with E-state index in [1.54, 1.807) is 7.11 Å². The Bertz CT molecular complexity index is 607. The topological polar surface area (TPSA) is 86.5 Å². The van der Waals surface area contributed by atoms with Gasteiger partial charge in [0.2, 0.25) is 5.89 Å². The molecule has 7 nitrogen and oxygen atoms in total. The summed E-state index contributed by atoms with van der Waals surface area (Å²) >= 11 is 0. The normalized spacial score (nSPS) is 15.7. The minimum atomic E-state index is -0.490. The third-order valence-electron chi connectivity index (χ3n) is 5.54. The molecule has 2 rings (SSSR count). The molecule has 0 unspecified atom stereocenters. The molecule has 1 N–H and O–H groups in total. The molecule has 1 aromatic rings. The van der Waals surface area contributed by atoms with Crippen LogP contribution in [0.15, 0.2) is 4.52 Å². The number of ether oxygens (including phenoxy) is 2. The van der Waals surface area contributed by atoms with Crippen molar-refractivity contribution in [3.8, 4) is 0 Å². The van der Waals surface area contributed by atoms with Gasteiger partial charge >= 0.3 is 5.97 Å². The second-order valence-electron chi connectivity index (χ2n) is 9.49. The number of carbonyl (C=O) groups is 1. The Morgan fingerprint density at radius 1 is 1.19 bits per heavy atom. The molecular formula is C25H47N3O4. The second kappa shape index (κ2) is 16.2. The van der Waals surface area contributed by atoms with Crippen LogP contribution in [0.5, 0.6) is 0 Å². The van der Waals surface area contributed by atoms with E-state index in [9.17, 15) is 4.79 Å². The number of esters is 1. The zero-order valence-corrected chi connectivity index (χ0v) is 21.4. The largest absolute Gasteiger partial charge is 0.460 e. The number of nitrogens with one attached hydrogen (secondary N) is 1. The van der Waals surface area contributed by atoms with Gasteiger partial charge in [0.25, 0.3) is 0 Å². The smallest absolute Gasteiger partial charge is 0.307 e. The third-order valence-corrected chi connectivity index (χ3v) is 5.54. The standard InChI is InChI=1S/C23H41N3O4.C2H6/c1-23(2,3)29-21(27)16-19(13-8-12-18-10-6-5-7-11-18)22-25-20(26-30-22)17-24-14-9-15-28-4;1-2/h18-19,24H,5-17H2,1-4H3;1-2H3/t19-;/m1./s1. The van der Waals surface area contributed by atoms with Gasteiger partial charge < -0.3 is 19.3 Å². The highest BCUT2D eigenvalue weighted by atomic mass is 16.6. The van der Waals surface area contributed by atoms with E-state index in [0.29, 0.717) is 18.3 Å². The van der Waals surface area contributed by atoms with Crippen molar-refractivity contribution in [2.24, 2.45) is 5.92 Å². The van der Waals surface area contributed by atoms with Crippen LogP contribution in [-0.4, -0.2) is 42.0 Å². The molecule has 1 heterocycles. The van der Waals surface area contributed by atoms with Crippen LogP contribution in [0.1, 0.15) is 116 Å². The summed E-state index contributed by atoms with van der Waals surface area (Å²) < 4.78 is 16.1. The van der Waals surface area contributed by atoms with Gasteiger partial charge in [-0.2, -0.15) is 4.98 Å². The maximum atomic E-state index is 12.5. The zero-order valence-electron chi connectivity index (χ0n) is 21.4. The molecule has 1 aliphatic carbocycles. The molecule has 1 saturated carbocycles. The van der Waals surface area contributed by atoms with Gasteiger partial charge in [0, 0.05) is 19.6 Å². The Morgan fingerprint density at radius 2 is 1.91 bits per heavy atom. The van der Waals surface area contributed by atoms with Crippen LogP contribution >= 0.6 is 0 Å². The van der Waals surface area contributed by atoms with E-state index >= 15 is 0 Å². The van der Waals surface area contributed by atoms with E-state index in [2.05, 4.69) is 15.5 Å². The van der Waals surface area contributed by atoms with Gasteiger partial charge in [-0.05, 0) is 46.1 Å². The van der Waals surface area contributed by atoms with Crippen LogP contribution in [0.25, 0.3) is 0 Å². The fourth-order valence-electron chi connectivity index (χ4n) is 4.07. The van der Waals surface area contributed by atoms with Crippen molar-refractivity contribution in [1.29, 1.82) is 0 Å². The molecule has 1 fully saturated rings. The molecule has 32 heavy (non-hydrogen) atoms. The molecule has 1 aliphatic rings. The molecule has 0 spiro atoms. The molecule has 1 aromatic heterocycles. The predicted octanol–water partition coefficient (Wildman–Crippen LogP) is 5.79. The van der Waals surface area contributed by atoms with Gasteiger partial charge in [0.15, 0.2) is 5.82 Å². The average molecular weight is 454 g/mol. The number of methoxy groups -OCH3 is 1. The number of hydrogen-bond acceptors (Lipinski definition) is 7. The van der Waals surface area contributed by atoms with Gasteiger partial charge in [0.05, 0.1) is 13.0 Å².